The molecule has 27 heavy (non-hydrogen) atoms. The van der Waals surface area contributed by atoms with E-state index in [1.807, 2.05) is 25.2 Å². The average molecular weight is 375 g/mol. The summed E-state index contributed by atoms with van der Waals surface area (Å²) in [5, 5.41) is 11.1. The zero-order valence-corrected chi connectivity index (χ0v) is 16.3. The number of nitriles is 1. The first kappa shape index (κ1) is 22.0. The third-order valence-corrected chi connectivity index (χ3v) is 3.65. The molecule has 0 saturated carbocycles. The molecule has 1 heterocycles. The Balaban J connectivity index is 2.83. The highest BCUT2D eigenvalue weighted by atomic mass is 16.6. The van der Waals surface area contributed by atoms with E-state index >= 15 is 0 Å². The van der Waals surface area contributed by atoms with Gasteiger partial charge in [0.15, 0.2) is 6.61 Å². The van der Waals surface area contributed by atoms with Crippen molar-refractivity contribution in [3.63, 3.8) is 0 Å². The summed E-state index contributed by atoms with van der Waals surface area (Å²) < 4.78 is 11.5. The minimum Gasteiger partial charge on any atom is -0.451 e. The highest BCUT2D eigenvalue weighted by molar-refractivity contribution is 6.00. The molecule has 0 spiro atoms. The number of aryl methyl sites for hydroxylation is 1. The maximum absolute atomic E-state index is 12.1. The molecule has 0 aliphatic rings. The minimum atomic E-state index is -0.940. The highest BCUT2D eigenvalue weighted by Gasteiger charge is 2.17. The largest absolute Gasteiger partial charge is 0.451 e. The van der Waals surface area contributed by atoms with Gasteiger partial charge < -0.3 is 14.0 Å². The Labute approximate surface area is 158 Å². The number of hydrogen-bond acceptors (Lipinski definition) is 6. The number of amides is 2. The summed E-state index contributed by atoms with van der Waals surface area (Å²) in [4.78, 5) is 34.7. The van der Waals surface area contributed by atoms with Crippen LogP contribution in [0.5, 0.6) is 0 Å². The maximum atomic E-state index is 12.1. The third kappa shape index (κ3) is 6.62. The van der Waals surface area contributed by atoms with Gasteiger partial charge in [0.2, 0.25) is 0 Å². The predicted octanol–water partition coefficient (Wildman–Crippen LogP) is 2.48. The van der Waals surface area contributed by atoms with Crippen molar-refractivity contribution in [2.75, 3.05) is 13.2 Å². The molecule has 0 unspecified atom stereocenters. The van der Waals surface area contributed by atoms with E-state index in [2.05, 4.69) is 23.2 Å². The van der Waals surface area contributed by atoms with Crippen LogP contribution < -0.4 is 5.32 Å². The Morgan fingerprint density at radius 3 is 2.52 bits per heavy atom. The topological polar surface area (TPSA) is 110 Å². The third-order valence-electron chi connectivity index (χ3n) is 3.65. The molecule has 0 aliphatic carbocycles. The molecule has 146 valence electrons. The Hall–Kier alpha value is -3.08. The van der Waals surface area contributed by atoms with Gasteiger partial charge in [0.25, 0.3) is 5.91 Å². The fourth-order valence-corrected chi connectivity index (χ4v) is 2.44. The summed E-state index contributed by atoms with van der Waals surface area (Å²) in [7, 11) is 0. The van der Waals surface area contributed by atoms with Crippen LogP contribution in [0.25, 0.3) is 6.08 Å². The number of carbonyl (C=O) groups is 3. The van der Waals surface area contributed by atoms with Crippen molar-refractivity contribution in [3.8, 4) is 6.07 Å². The van der Waals surface area contributed by atoms with Crippen molar-refractivity contribution in [2.45, 2.75) is 41.2 Å². The van der Waals surface area contributed by atoms with Crippen molar-refractivity contribution < 1.29 is 23.9 Å². The van der Waals surface area contributed by atoms with Crippen molar-refractivity contribution in [2.24, 2.45) is 5.92 Å². The molecule has 8 nitrogen and oxygen atoms in total. The van der Waals surface area contributed by atoms with E-state index in [4.69, 9.17) is 4.74 Å². The van der Waals surface area contributed by atoms with Crippen molar-refractivity contribution in [1.29, 1.82) is 5.26 Å². The Morgan fingerprint density at radius 1 is 1.30 bits per heavy atom. The van der Waals surface area contributed by atoms with Crippen molar-refractivity contribution >= 4 is 24.0 Å². The Kier molecular flexibility index (Phi) is 8.27. The predicted molar refractivity (Wildman–Crippen MR) is 98.5 cm³/mol. The van der Waals surface area contributed by atoms with Gasteiger partial charge in [-0.1, -0.05) is 13.8 Å². The second-order valence-electron chi connectivity index (χ2n) is 6.35. The number of imide groups is 1. The molecule has 1 aromatic rings. The van der Waals surface area contributed by atoms with Gasteiger partial charge in [-0.05, 0) is 44.4 Å². The molecule has 1 rings (SSSR count). The summed E-state index contributed by atoms with van der Waals surface area (Å²) >= 11 is 0. The lowest BCUT2D eigenvalue weighted by atomic mass is 10.1. The SMILES string of the molecule is CCOC(=O)NC(=O)COC(=O)C(C#N)=Cc1cc(C)n(CC(C)C)c1C. The zero-order chi connectivity index (χ0) is 20.6. The summed E-state index contributed by atoms with van der Waals surface area (Å²) in [5.74, 6) is -1.33. The number of hydrogen-bond donors (Lipinski definition) is 1. The van der Waals surface area contributed by atoms with Gasteiger partial charge in [-0.15, -0.1) is 0 Å². The second-order valence-corrected chi connectivity index (χ2v) is 6.35. The summed E-state index contributed by atoms with van der Waals surface area (Å²) in [6.07, 6.45) is 0.511. The molecule has 0 aromatic carbocycles. The Bertz CT molecular complexity index is 784. The van der Waals surface area contributed by atoms with E-state index in [1.165, 1.54) is 6.08 Å². The van der Waals surface area contributed by atoms with Crippen LogP contribution in [0.2, 0.25) is 0 Å². The summed E-state index contributed by atoms with van der Waals surface area (Å²) in [6, 6.07) is 3.67. The quantitative estimate of drug-likeness (QED) is 0.445. The molecule has 0 aliphatic heterocycles. The van der Waals surface area contributed by atoms with Crippen LogP contribution in [0.4, 0.5) is 4.79 Å². The molecule has 0 radical (unpaired) electrons. The molecule has 0 saturated heterocycles. The lowest BCUT2D eigenvalue weighted by molar-refractivity contribution is -0.144. The van der Waals surface area contributed by atoms with Gasteiger partial charge in [-0.25, -0.2) is 9.59 Å². The van der Waals surface area contributed by atoms with E-state index in [-0.39, 0.29) is 12.2 Å². The van der Waals surface area contributed by atoms with E-state index in [1.54, 1.807) is 13.0 Å². The van der Waals surface area contributed by atoms with Gasteiger partial charge in [0.05, 0.1) is 6.61 Å². The van der Waals surface area contributed by atoms with Crippen LogP contribution in [-0.2, 0) is 25.6 Å². The molecule has 0 fully saturated rings. The standard InChI is InChI=1S/C19H25N3O5/c1-6-26-19(25)21-17(23)11-27-18(24)16(9-20)8-15-7-13(4)22(14(15)5)10-12(2)3/h7-8,12H,6,10-11H2,1-5H3,(H,21,23,25). The number of carbonyl (C=O) groups excluding carboxylic acids is 3. The van der Waals surface area contributed by atoms with Gasteiger partial charge in [-0.3, -0.25) is 10.1 Å². The van der Waals surface area contributed by atoms with E-state index in [9.17, 15) is 19.6 Å². The molecule has 0 atom stereocenters. The van der Waals surface area contributed by atoms with E-state index in [0.29, 0.717) is 5.92 Å². The van der Waals surface area contributed by atoms with E-state index < -0.39 is 24.6 Å². The van der Waals surface area contributed by atoms with Crippen molar-refractivity contribution in [3.05, 3.63) is 28.6 Å². The number of alkyl carbamates (subject to hydrolysis) is 1. The molecule has 8 heteroatoms. The summed E-state index contributed by atoms with van der Waals surface area (Å²) in [6.45, 7) is 9.91. The first-order chi connectivity index (χ1) is 12.7. The smallest absolute Gasteiger partial charge is 0.413 e. The number of ether oxygens (including phenoxy) is 2. The van der Waals surface area contributed by atoms with Crippen LogP contribution in [0, 0.1) is 31.1 Å². The normalized spacial score (nSPS) is 11.1. The van der Waals surface area contributed by atoms with Crippen LogP contribution in [-0.4, -0.2) is 35.8 Å². The molecular weight excluding hydrogens is 350 g/mol. The second kappa shape index (κ2) is 10.2. The number of esters is 1. The lowest BCUT2D eigenvalue weighted by Crippen LogP contribution is -2.34. The number of nitrogens with one attached hydrogen (secondary N) is 1. The van der Waals surface area contributed by atoms with Crippen molar-refractivity contribution in [1.82, 2.24) is 9.88 Å². The van der Waals surface area contributed by atoms with E-state index in [0.717, 1.165) is 23.5 Å². The number of rotatable bonds is 7. The molecular formula is C19H25N3O5. The summed E-state index contributed by atoms with van der Waals surface area (Å²) in [5.41, 5.74) is 2.45. The molecule has 1 aromatic heterocycles. The first-order valence-corrected chi connectivity index (χ1v) is 8.61. The number of nitrogens with zero attached hydrogens (tertiary/aromatic N) is 2. The fraction of sp³-hybridized carbons (Fsp3) is 0.474. The van der Waals surface area contributed by atoms with Gasteiger partial charge in [0, 0.05) is 17.9 Å². The fourth-order valence-electron chi connectivity index (χ4n) is 2.44. The number of aromatic nitrogens is 1. The average Bonchev–Trinajstić information content (AvgIpc) is 2.84. The Morgan fingerprint density at radius 2 is 1.96 bits per heavy atom. The monoisotopic (exact) mass is 375 g/mol. The molecule has 0 bridgehead atoms. The lowest BCUT2D eigenvalue weighted by Gasteiger charge is -2.12. The van der Waals surface area contributed by atoms with Gasteiger partial charge in [-0.2, -0.15) is 5.26 Å². The maximum Gasteiger partial charge on any atom is 0.413 e. The first-order valence-electron chi connectivity index (χ1n) is 8.61. The van der Waals surface area contributed by atoms with Crippen LogP contribution in [0.15, 0.2) is 11.6 Å². The highest BCUT2D eigenvalue weighted by Crippen LogP contribution is 2.20. The van der Waals surface area contributed by atoms with Gasteiger partial charge >= 0.3 is 12.1 Å². The molecule has 1 N–H and O–H groups in total. The molecule has 2 amide bonds. The van der Waals surface area contributed by atoms with Gasteiger partial charge in [0.1, 0.15) is 11.6 Å². The van der Waals surface area contributed by atoms with Crippen LogP contribution >= 0.6 is 0 Å². The zero-order valence-electron chi connectivity index (χ0n) is 16.3. The minimum absolute atomic E-state index is 0.107. The van der Waals surface area contributed by atoms with Crippen LogP contribution in [0.1, 0.15) is 37.7 Å². The van der Waals surface area contributed by atoms with Crippen LogP contribution in [0.3, 0.4) is 0 Å².